The summed E-state index contributed by atoms with van der Waals surface area (Å²) in [5, 5.41) is 19.0. The SMILES string of the molecule is CCOC(=O)C(CNC(=O)c1ccc(OCCNC2=NCCCN2)cc1O)NS(=O)(=O)c1ccccc1. The van der Waals surface area contributed by atoms with E-state index in [-0.39, 0.29) is 22.8 Å². The number of nitrogens with one attached hydrogen (secondary N) is 4. The quantitative estimate of drug-likeness (QED) is 0.191. The molecule has 1 heterocycles. The van der Waals surface area contributed by atoms with Gasteiger partial charge in [-0.15, -0.1) is 0 Å². The maximum atomic E-state index is 12.7. The molecule has 12 nitrogen and oxygen atoms in total. The van der Waals surface area contributed by atoms with Crippen LogP contribution in [0.1, 0.15) is 23.7 Å². The lowest BCUT2D eigenvalue weighted by Gasteiger charge is -2.18. The van der Waals surface area contributed by atoms with Crippen molar-refractivity contribution in [3.05, 3.63) is 54.1 Å². The zero-order chi connectivity index (χ0) is 26.7. The van der Waals surface area contributed by atoms with E-state index < -0.39 is 34.5 Å². The van der Waals surface area contributed by atoms with Gasteiger partial charge in [-0.25, -0.2) is 8.42 Å². The van der Waals surface area contributed by atoms with Crippen LogP contribution in [-0.4, -0.2) is 76.8 Å². The number of hydrogen-bond acceptors (Lipinski definition) is 10. The standard InChI is InChI=1S/C24H31N5O7S/c1-2-35-23(32)20(29-37(33,34)18-7-4-3-5-8-18)16-28-22(31)19-10-9-17(15-21(19)30)36-14-13-27-24-25-11-6-12-26-24/h3-5,7-10,15,20,29-30H,2,6,11-14,16H2,1H3,(H,28,31)(H2,25,26,27). The molecule has 1 aliphatic rings. The van der Waals surface area contributed by atoms with Crippen LogP contribution in [0.3, 0.4) is 0 Å². The van der Waals surface area contributed by atoms with Crippen molar-refractivity contribution in [1.29, 1.82) is 0 Å². The predicted octanol–water partition coefficient (Wildman–Crippen LogP) is 0.350. The number of carbonyl (C=O) groups is 2. The number of esters is 1. The fourth-order valence-electron chi connectivity index (χ4n) is 3.34. The van der Waals surface area contributed by atoms with Gasteiger partial charge in [-0.1, -0.05) is 18.2 Å². The normalized spacial score (nSPS) is 14.0. The average molecular weight is 534 g/mol. The molecule has 0 spiro atoms. The fraction of sp³-hybridized carbons (Fsp3) is 0.375. The van der Waals surface area contributed by atoms with Gasteiger partial charge in [0.05, 0.1) is 23.6 Å². The molecule has 37 heavy (non-hydrogen) atoms. The summed E-state index contributed by atoms with van der Waals surface area (Å²) in [5.41, 5.74) is -0.0697. The van der Waals surface area contributed by atoms with Gasteiger partial charge >= 0.3 is 5.97 Å². The molecule has 0 aromatic heterocycles. The minimum atomic E-state index is -4.05. The van der Waals surface area contributed by atoms with Crippen LogP contribution in [0, 0.1) is 0 Å². The smallest absolute Gasteiger partial charge is 0.326 e. The number of hydrogen-bond donors (Lipinski definition) is 5. The first-order chi connectivity index (χ1) is 17.8. The molecule has 1 atom stereocenters. The number of rotatable bonds is 12. The molecule has 0 aliphatic carbocycles. The zero-order valence-electron chi connectivity index (χ0n) is 20.4. The van der Waals surface area contributed by atoms with E-state index in [1.165, 1.54) is 30.3 Å². The molecule has 1 aliphatic heterocycles. The second kappa shape index (κ2) is 13.5. The number of phenolic OH excluding ortho intramolecular Hbond substituents is 1. The molecule has 200 valence electrons. The minimum Gasteiger partial charge on any atom is -0.507 e. The van der Waals surface area contributed by atoms with E-state index >= 15 is 0 Å². The lowest BCUT2D eigenvalue weighted by atomic mass is 10.1. The molecule has 13 heteroatoms. The molecule has 2 aromatic rings. The topological polar surface area (TPSA) is 167 Å². The van der Waals surface area contributed by atoms with E-state index in [1.54, 1.807) is 25.1 Å². The zero-order valence-corrected chi connectivity index (χ0v) is 21.2. The summed E-state index contributed by atoms with van der Waals surface area (Å²) in [4.78, 5) is 29.3. The highest BCUT2D eigenvalue weighted by atomic mass is 32.2. The number of aliphatic imine (C=N–C) groups is 1. The molecule has 0 radical (unpaired) electrons. The van der Waals surface area contributed by atoms with Crippen molar-refractivity contribution in [2.45, 2.75) is 24.3 Å². The van der Waals surface area contributed by atoms with Gasteiger partial charge in [-0.3, -0.25) is 14.6 Å². The van der Waals surface area contributed by atoms with Crippen molar-refractivity contribution < 1.29 is 32.6 Å². The number of carbonyl (C=O) groups excluding carboxylic acids is 2. The van der Waals surface area contributed by atoms with Gasteiger partial charge in [0, 0.05) is 25.7 Å². The van der Waals surface area contributed by atoms with E-state index in [1.807, 2.05) is 0 Å². The van der Waals surface area contributed by atoms with Crippen LogP contribution in [0.15, 0.2) is 58.4 Å². The van der Waals surface area contributed by atoms with E-state index in [2.05, 4.69) is 25.7 Å². The number of guanidine groups is 1. The van der Waals surface area contributed by atoms with Gasteiger partial charge in [0.2, 0.25) is 10.0 Å². The maximum absolute atomic E-state index is 12.7. The van der Waals surface area contributed by atoms with Crippen LogP contribution in [0.4, 0.5) is 0 Å². The van der Waals surface area contributed by atoms with E-state index in [0.29, 0.717) is 18.9 Å². The number of nitrogens with zero attached hydrogens (tertiary/aromatic N) is 1. The van der Waals surface area contributed by atoms with Gasteiger partial charge in [0.15, 0.2) is 5.96 Å². The number of benzene rings is 2. The summed E-state index contributed by atoms with van der Waals surface area (Å²) in [6.07, 6.45) is 0.994. The monoisotopic (exact) mass is 533 g/mol. The number of phenols is 1. The molecule has 2 aromatic carbocycles. The Balaban J connectivity index is 1.56. The van der Waals surface area contributed by atoms with Crippen molar-refractivity contribution in [3.8, 4) is 11.5 Å². The van der Waals surface area contributed by atoms with Gasteiger partial charge in [0.25, 0.3) is 5.91 Å². The lowest BCUT2D eigenvalue weighted by molar-refractivity contribution is -0.144. The molecule has 0 saturated heterocycles. The van der Waals surface area contributed by atoms with Crippen molar-refractivity contribution in [3.63, 3.8) is 0 Å². The second-order valence-electron chi connectivity index (χ2n) is 7.91. The Kier molecular flexibility index (Phi) is 10.1. The highest BCUT2D eigenvalue weighted by Gasteiger charge is 2.27. The molecule has 0 bridgehead atoms. The van der Waals surface area contributed by atoms with Crippen molar-refractivity contribution in [2.75, 3.05) is 39.4 Å². The molecular formula is C24H31N5O7S. The Labute approximate surface area is 215 Å². The third kappa shape index (κ3) is 8.36. The highest BCUT2D eigenvalue weighted by molar-refractivity contribution is 7.89. The van der Waals surface area contributed by atoms with Crippen LogP contribution < -0.4 is 25.4 Å². The molecule has 5 N–H and O–H groups in total. The van der Waals surface area contributed by atoms with E-state index in [9.17, 15) is 23.1 Å². The Morgan fingerprint density at radius 2 is 1.97 bits per heavy atom. The Morgan fingerprint density at radius 1 is 1.19 bits per heavy atom. The Morgan fingerprint density at radius 3 is 2.65 bits per heavy atom. The van der Waals surface area contributed by atoms with E-state index in [0.717, 1.165) is 25.5 Å². The summed E-state index contributed by atoms with van der Waals surface area (Å²) in [5.74, 6) is -0.816. The highest BCUT2D eigenvalue weighted by Crippen LogP contribution is 2.23. The molecule has 1 amide bonds. The fourth-order valence-corrected chi connectivity index (χ4v) is 4.55. The molecule has 3 rings (SSSR count). The molecule has 1 unspecified atom stereocenters. The van der Waals surface area contributed by atoms with Crippen molar-refractivity contribution in [2.24, 2.45) is 4.99 Å². The van der Waals surface area contributed by atoms with E-state index in [4.69, 9.17) is 9.47 Å². The van der Waals surface area contributed by atoms with Crippen molar-refractivity contribution in [1.82, 2.24) is 20.7 Å². The molecule has 0 fully saturated rings. The first kappa shape index (κ1) is 27.7. The first-order valence-electron chi connectivity index (χ1n) is 11.8. The Bertz CT molecular complexity index is 1210. The minimum absolute atomic E-state index is 0.0265. The van der Waals surface area contributed by atoms with Crippen LogP contribution in [-0.2, 0) is 19.6 Å². The van der Waals surface area contributed by atoms with Crippen molar-refractivity contribution >= 4 is 27.9 Å². The third-order valence-corrected chi connectivity index (χ3v) is 6.65. The third-order valence-electron chi connectivity index (χ3n) is 5.16. The van der Waals surface area contributed by atoms with Gasteiger partial charge in [-0.05, 0) is 37.6 Å². The number of aromatic hydroxyl groups is 1. The van der Waals surface area contributed by atoms with Gasteiger partial charge < -0.3 is 30.5 Å². The molecular weight excluding hydrogens is 502 g/mol. The van der Waals surface area contributed by atoms with Crippen LogP contribution in [0.5, 0.6) is 11.5 Å². The number of amides is 1. The lowest BCUT2D eigenvalue weighted by Crippen LogP contribution is -2.49. The largest absolute Gasteiger partial charge is 0.507 e. The van der Waals surface area contributed by atoms with Gasteiger partial charge in [-0.2, -0.15) is 4.72 Å². The van der Waals surface area contributed by atoms with Crippen LogP contribution in [0.25, 0.3) is 0 Å². The molecule has 0 saturated carbocycles. The van der Waals surface area contributed by atoms with Crippen LogP contribution >= 0.6 is 0 Å². The Hall–Kier alpha value is -3.84. The average Bonchev–Trinajstić information content (AvgIpc) is 2.90. The summed E-state index contributed by atoms with van der Waals surface area (Å²) < 4.78 is 38.1. The summed E-state index contributed by atoms with van der Waals surface area (Å²) >= 11 is 0. The van der Waals surface area contributed by atoms with Gasteiger partial charge in [0.1, 0.15) is 24.1 Å². The summed E-state index contributed by atoms with van der Waals surface area (Å²) in [7, 11) is -4.05. The maximum Gasteiger partial charge on any atom is 0.326 e. The van der Waals surface area contributed by atoms with Crippen LogP contribution in [0.2, 0.25) is 0 Å². The summed E-state index contributed by atoms with van der Waals surface area (Å²) in [6.45, 7) is 3.63. The number of sulfonamides is 1. The first-order valence-corrected chi connectivity index (χ1v) is 13.3. The summed E-state index contributed by atoms with van der Waals surface area (Å²) in [6, 6.07) is 10.3. The second-order valence-corrected chi connectivity index (χ2v) is 9.63. The number of ether oxygens (including phenoxy) is 2. The predicted molar refractivity (Wildman–Crippen MR) is 136 cm³/mol.